The molecule has 2 heterocycles. The second-order valence-corrected chi connectivity index (χ2v) is 11.3. The van der Waals surface area contributed by atoms with Crippen LogP contribution >= 0.6 is 0 Å². The fraction of sp³-hybridized carbons (Fsp3) is 0.714. The Kier molecular flexibility index (Phi) is 22.9. The van der Waals surface area contributed by atoms with Gasteiger partial charge in [-0.3, -0.25) is 29.4 Å². The van der Waals surface area contributed by atoms with Gasteiger partial charge in [-0.2, -0.15) is 0 Å². The van der Waals surface area contributed by atoms with Gasteiger partial charge in [-0.1, -0.05) is 6.07 Å². The van der Waals surface area contributed by atoms with Crippen molar-refractivity contribution in [1.82, 2.24) is 10.2 Å². The van der Waals surface area contributed by atoms with Crippen LogP contribution in [0.4, 0.5) is 5.69 Å². The lowest BCUT2D eigenvalue weighted by Gasteiger charge is -2.27. The summed E-state index contributed by atoms with van der Waals surface area (Å²) in [5.41, 5.74) is 0.911. The maximum Gasteiger partial charge on any atom is 0.264 e. The van der Waals surface area contributed by atoms with Crippen molar-refractivity contribution < 1.29 is 66.5 Å². The summed E-state index contributed by atoms with van der Waals surface area (Å²) in [6.07, 6.45) is 0.172. The largest absolute Gasteiger partial charge is 0.382 e. The van der Waals surface area contributed by atoms with Gasteiger partial charge in [-0.05, 0) is 25.5 Å². The fourth-order valence-electron chi connectivity index (χ4n) is 5.04. The zero-order valence-electron chi connectivity index (χ0n) is 30.2. The number of amides is 4. The van der Waals surface area contributed by atoms with E-state index in [1.807, 2.05) is 6.92 Å². The summed E-state index contributed by atoms with van der Waals surface area (Å²) in [6.45, 7) is 12.1. The van der Waals surface area contributed by atoms with Gasteiger partial charge in [0.05, 0.1) is 137 Å². The zero-order chi connectivity index (χ0) is 37.1. The quantitative estimate of drug-likeness (QED) is 0.0756. The molecule has 1 saturated heterocycles. The minimum atomic E-state index is -1.01. The molecule has 0 radical (unpaired) electrons. The van der Waals surface area contributed by atoms with Crippen molar-refractivity contribution in [2.24, 2.45) is 0 Å². The molecule has 0 bridgehead atoms. The van der Waals surface area contributed by atoms with Gasteiger partial charge in [0.25, 0.3) is 11.8 Å². The van der Waals surface area contributed by atoms with Gasteiger partial charge >= 0.3 is 0 Å². The Morgan fingerprint density at radius 2 is 1.02 bits per heavy atom. The Morgan fingerprint density at radius 3 is 1.44 bits per heavy atom. The average molecular weight is 742 g/mol. The third-order valence-corrected chi connectivity index (χ3v) is 7.58. The number of hydrogen-bond acceptors (Lipinski definition) is 15. The first kappa shape index (κ1) is 43.3. The van der Waals surface area contributed by atoms with E-state index in [9.17, 15) is 19.2 Å². The molecular formula is C35H55N3O14. The van der Waals surface area contributed by atoms with Gasteiger partial charge in [0, 0.05) is 25.3 Å². The van der Waals surface area contributed by atoms with E-state index in [1.165, 1.54) is 0 Å². The lowest BCUT2D eigenvalue weighted by molar-refractivity contribution is -0.136. The van der Waals surface area contributed by atoms with Crippen molar-refractivity contribution in [3.63, 3.8) is 0 Å². The van der Waals surface area contributed by atoms with Crippen LogP contribution < -0.4 is 10.6 Å². The number of nitrogens with zero attached hydrogens (tertiary/aromatic N) is 1. The first-order chi connectivity index (χ1) is 25.5. The maximum atomic E-state index is 13.1. The van der Waals surface area contributed by atoms with Crippen molar-refractivity contribution in [3.8, 4) is 0 Å². The minimum Gasteiger partial charge on any atom is -0.382 e. The number of hydrogen-bond donors (Lipinski definition) is 2. The number of carbonyl (C=O) groups excluding carboxylic acids is 4. The summed E-state index contributed by atoms with van der Waals surface area (Å²) in [4.78, 5) is 50.8. The molecule has 1 aromatic rings. The predicted molar refractivity (Wildman–Crippen MR) is 185 cm³/mol. The van der Waals surface area contributed by atoms with Crippen molar-refractivity contribution >= 4 is 29.3 Å². The second kappa shape index (κ2) is 27.5. The molecule has 4 amide bonds. The number of fused-ring (bicyclic) bond motifs is 1. The molecule has 1 atom stereocenters. The Bertz CT molecular complexity index is 1190. The van der Waals surface area contributed by atoms with Crippen molar-refractivity contribution in [2.45, 2.75) is 25.8 Å². The molecule has 2 aliphatic rings. The second-order valence-electron chi connectivity index (χ2n) is 11.3. The average Bonchev–Trinajstić information content (AvgIpc) is 3.39. The van der Waals surface area contributed by atoms with E-state index in [0.717, 1.165) is 4.90 Å². The third-order valence-electron chi connectivity index (χ3n) is 7.58. The number of benzene rings is 1. The van der Waals surface area contributed by atoms with Crippen molar-refractivity contribution in [1.29, 1.82) is 0 Å². The molecule has 294 valence electrons. The summed E-state index contributed by atoms with van der Waals surface area (Å²) in [5.74, 6) is -2.16. The molecule has 0 aliphatic carbocycles. The van der Waals surface area contributed by atoms with Gasteiger partial charge in [0.2, 0.25) is 11.8 Å². The number of rotatable bonds is 33. The molecule has 0 spiro atoms. The molecule has 1 fully saturated rings. The third kappa shape index (κ3) is 16.7. The lowest BCUT2D eigenvalue weighted by Crippen LogP contribution is -2.54. The number of nitrogens with one attached hydrogen (secondary N) is 2. The van der Waals surface area contributed by atoms with Crippen LogP contribution in [0.2, 0.25) is 0 Å². The van der Waals surface area contributed by atoms with Crippen LogP contribution in [0.5, 0.6) is 0 Å². The maximum absolute atomic E-state index is 13.1. The molecule has 17 heteroatoms. The lowest BCUT2D eigenvalue weighted by atomic mass is 10.0. The minimum absolute atomic E-state index is 0.0669. The monoisotopic (exact) mass is 741 g/mol. The first-order valence-corrected chi connectivity index (χ1v) is 17.9. The Morgan fingerprint density at radius 1 is 0.596 bits per heavy atom. The van der Waals surface area contributed by atoms with Crippen LogP contribution in [0.15, 0.2) is 18.2 Å². The summed E-state index contributed by atoms with van der Waals surface area (Å²) in [5, 5.41) is 5.33. The summed E-state index contributed by atoms with van der Waals surface area (Å²) in [7, 11) is 0. The van der Waals surface area contributed by atoms with Crippen LogP contribution in [-0.4, -0.2) is 173 Å². The highest BCUT2D eigenvalue weighted by Gasteiger charge is 2.45. The summed E-state index contributed by atoms with van der Waals surface area (Å²) >= 11 is 0. The van der Waals surface area contributed by atoms with E-state index >= 15 is 0 Å². The number of imide groups is 2. The van der Waals surface area contributed by atoms with Crippen LogP contribution in [-0.2, 0) is 57.0 Å². The molecule has 0 saturated carbocycles. The molecule has 2 N–H and O–H groups in total. The fourth-order valence-corrected chi connectivity index (χ4v) is 5.04. The van der Waals surface area contributed by atoms with Crippen LogP contribution in [0.25, 0.3) is 0 Å². The zero-order valence-corrected chi connectivity index (χ0v) is 30.2. The predicted octanol–water partition coefficient (Wildman–Crippen LogP) is 0.686. The van der Waals surface area contributed by atoms with Crippen molar-refractivity contribution in [2.75, 3.05) is 144 Å². The Labute approximate surface area is 305 Å². The van der Waals surface area contributed by atoms with E-state index < -0.39 is 29.7 Å². The number of piperidine rings is 1. The highest BCUT2D eigenvalue weighted by Crippen LogP contribution is 2.32. The van der Waals surface area contributed by atoms with Crippen LogP contribution in [0.1, 0.15) is 40.5 Å². The summed E-state index contributed by atoms with van der Waals surface area (Å²) in [6, 6.07) is 3.91. The molecule has 2 aliphatic heterocycles. The number of anilines is 1. The van der Waals surface area contributed by atoms with E-state index in [2.05, 4.69) is 10.6 Å². The van der Waals surface area contributed by atoms with Gasteiger partial charge in [-0.15, -0.1) is 0 Å². The highest BCUT2D eigenvalue weighted by atomic mass is 16.6. The van der Waals surface area contributed by atoms with Gasteiger partial charge < -0.3 is 52.7 Å². The Balaban J connectivity index is 1.04. The normalized spacial score (nSPS) is 15.8. The van der Waals surface area contributed by atoms with Gasteiger partial charge in [0.15, 0.2) is 0 Å². The highest BCUT2D eigenvalue weighted by molar-refractivity contribution is 6.25. The van der Waals surface area contributed by atoms with E-state index in [-0.39, 0.29) is 24.0 Å². The molecule has 52 heavy (non-hydrogen) atoms. The smallest absolute Gasteiger partial charge is 0.264 e. The number of ether oxygens (including phenoxy) is 10. The standard InChI is InChI=1S/C35H55N3O14/c1-2-43-10-11-45-14-15-47-18-19-49-22-23-51-26-27-52-25-24-50-21-20-48-17-16-46-13-12-44-9-8-36-29-5-3-4-28-32(29)35(42)38(34(28)41)30-6-7-31(39)37-33(30)40/h3-5,30,36H,2,6-27H2,1H3,(H,37,39,40). The molecule has 1 unspecified atom stereocenters. The molecular weight excluding hydrogens is 686 g/mol. The van der Waals surface area contributed by atoms with Gasteiger partial charge in [0.1, 0.15) is 6.04 Å². The van der Waals surface area contributed by atoms with E-state index in [4.69, 9.17) is 47.4 Å². The summed E-state index contributed by atoms with van der Waals surface area (Å²) < 4.78 is 54.4. The molecule has 1 aromatic carbocycles. The van der Waals surface area contributed by atoms with E-state index in [0.29, 0.717) is 144 Å². The van der Waals surface area contributed by atoms with Crippen LogP contribution in [0, 0.1) is 0 Å². The molecule has 17 nitrogen and oxygen atoms in total. The van der Waals surface area contributed by atoms with E-state index in [1.54, 1.807) is 18.2 Å². The number of carbonyl (C=O) groups is 4. The Hall–Kier alpha value is -3.10. The SMILES string of the molecule is CCOCCOCCOCCOCCOCCOCCOCCOCCOCCOCCNc1cccc2c1C(=O)N(C1CCC(=O)NC1=O)C2=O. The molecule has 3 rings (SSSR count). The molecule has 0 aromatic heterocycles. The topological polar surface area (TPSA) is 188 Å². The van der Waals surface area contributed by atoms with Gasteiger partial charge in [-0.25, -0.2) is 0 Å². The van der Waals surface area contributed by atoms with Crippen LogP contribution in [0.3, 0.4) is 0 Å². The first-order valence-electron chi connectivity index (χ1n) is 17.9. The van der Waals surface area contributed by atoms with Crippen molar-refractivity contribution in [3.05, 3.63) is 29.3 Å².